The van der Waals surface area contributed by atoms with E-state index in [0.717, 1.165) is 51.0 Å². The number of hydrogen-bond donors (Lipinski definition) is 0. The summed E-state index contributed by atoms with van der Waals surface area (Å²) in [6, 6.07) is 9.55. The molecule has 2 fully saturated rings. The van der Waals surface area contributed by atoms with Crippen LogP contribution in [0.15, 0.2) is 35.5 Å². The van der Waals surface area contributed by atoms with Gasteiger partial charge in [-0.15, -0.1) is 0 Å². The minimum Gasteiger partial charge on any atom is -0.341 e. The summed E-state index contributed by atoms with van der Waals surface area (Å²) < 4.78 is 0. The number of pyridine rings is 1. The molecule has 5 rings (SSSR count). The van der Waals surface area contributed by atoms with E-state index in [1.807, 2.05) is 18.5 Å². The Balaban J connectivity index is 1.29. The predicted octanol–water partition coefficient (Wildman–Crippen LogP) is 3.34. The predicted molar refractivity (Wildman–Crippen MR) is 129 cm³/mol. The van der Waals surface area contributed by atoms with Gasteiger partial charge in [0.05, 0.1) is 12.1 Å². The van der Waals surface area contributed by atoms with Gasteiger partial charge in [-0.05, 0) is 56.8 Å². The first-order valence-electron chi connectivity index (χ1n) is 12.1. The molecule has 0 N–H and O–H groups in total. The lowest BCUT2D eigenvalue weighted by molar-refractivity contribution is -0.134. The van der Waals surface area contributed by atoms with Crippen molar-refractivity contribution >= 4 is 23.0 Å². The van der Waals surface area contributed by atoms with Gasteiger partial charge >= 0.3 is 0 Å². The van der Waals surface area contributed by atoms with Crippen molar-refractivity contribution in [1.29, 1.82) is 0 Å². The van der Waals surface area contributed by atoms with Crippen molar-refractivity contribution in [2.24, 2.45) is 10.9 Å². The Bertz CT molecular complexity index is 1000. The van der Waals surface area contributed by atoms with E-state index in [4.69, 9.17) is 4.98 Å². The summed E-state index contributed by atoms with van der Waals surface area (Å²) in [6.45, 7) is 6.57. The molecule has 0 aliphatic carbocycles. The van der Waals surface area contributed by atoms with E-state index in [1.165, 1.54) is 16.5 Å². The summed E-state index contributed by atoms with van der Waals surface area (Å²) in [5.74, 6) is 1.29. The van der Waals surface area contributed by atoms with Crippen LogP contribution in [0.3, 0.4) is 0 Å². The number of piperidine rings is 2. The molecule has 2 aromatic rings. The van der Waals surface area contributed by atoms with Gasteiger partial charge in [0.25, 0.3) is 0 Å². The molecule has 32 heavy (non-hydrogen) atoms. The second-order valence-corrected chi connectivity index (χ2v) is 10.2. The highest BCUT2D eigenvalue weighted by Crippen LogP contribution is 2.37. The van der Waals surface area contributed by atoms with E-state index >= 15 is 0 Å². The van der Waals surface area contributed by atoms with Crippen LogP contribution >= 0.6 is 0 Å². The van der Waals surface area contributed by atoms with Gasteiger partial charge in [-0.3, -0.25) is 19.7 Å². The Labute approximate surface area is 191 Å². The van der Waals surface area contributed by atoms with Crippen molar-refractivity contribution in [2.45, 2.75) is 44.2 Å². The molecule has 1 amide bonds. The van der Waals surface area contributed by atoms with E-state index in [9.17, 15) is 4.79 Å². The minimum absolute atomic E-state index is 0.206. The van der Waals surface area contributed by atoms with Crippen LogP contribution in [-0.4, -0.2) is 84.7 Å². The maximum atomic E-state index is 13.1. The number of likely N-dealkylation sites (tertiary alicyclic amines) is 2. The molecular formula is C26H35N5O. The minimum atomic E-state index is 0.206. The fraction of sp³-hybridized carbons (Fsp3) is 0.577. The van der Waals surface area contributed by atoms with Gasteiger partial charge in [0.2, 0.25) is 5.91 Å². The number of rotatable bonds is 5. The average Bonchev–Trinajstić information content (AvgIpc) is 3.63. The molecule has 0 radical (unpaired) electrons. The van der Waals surface area contributed by atoms with Crippen LogP contribution in [0.1, 0.15) is 49.3 Å². The molecule has 3 aliphatic heterocycles. The van der Waals surface area contributed by atoms with Crippen molar-refractivity contribution < 1.29 is 4.79 Å². The molecule has 6 heteroatoms. The Morgan fingerprint density at radius 1 is 1.12 bits per heavy atom. The highest BCUT2D eigenvalue weighted by Gasteiger charge is 2.31. The number of carbonyl (C=O) groups excluding carboxylic acids is 1. The molecule has 0 saturated carbocycles. The molecule has 170 valence electrons. The van der Waals surface area contributed by atoms with Crippen molar-refractivity contribution in [1.82, 2.24) is 19.7 Å². The standard InChI is InChI=1S/C26H35N5O/c1-18-13-19(21-6-7-23(24-14-28-24)26-22(21)5-4-10-27-26)16-30(15-18)17-25(32)31-11-8-20(9-12-31)29(2)3/h4-7,10,14,18-20,24H,8-9,11-13,15-17H2,1-3H3/t18-,19-,24?/m1/s1. The second-order valence-electron chi connectivity index (χ2n) is 10.2. The van der Waals surface area contributed by atoms with Crippen LogP contribution in [0.5, 0.6) is 0 Å². The number of carbonyl (C=O) groups is 1. The Hall–Kier alpha value is -2.31. The van der Waals surface area contributed by atoms with Crippen LogP contribution < -0.4 is 0 Å². The van der Waals surface area contributed by atoms with Gasteiger partial charge in [0, 0.05) is 55.6 Å². The molecule has 0 bridgehead atoms. The molecule has 4 heterocycles. The lowest BCUT2D eigenvalue weighted by Gasteiger charge is -2.39. The summed E-state index contributed by atoms with van der Waals surface area (Å²) in [7, 11) is 4.28. The summed E-state index contributed by atoms with van der Waals surface area (Å²) in [5.41, 5.74) is 3.66. The Kier molecular flexibility index (Phi) is 5.99. The number of hydrogen-bond acceptors (Lipinski definition) is 5. The third-order valence-electron chi connectivity index (χ3n) is 7.53. The smallest absolute Gasteiger partial charge is 0.236 e. The maximum Gasteiger partial charge on any atom is 0.236 e. The monoisotopic (exact) mass is 433 g/mol. The van der Waals surface area contributed by atoms with Gasteiger partial charge in [-0.2, -0.15) is 0 Å². The summed E-state index contributed by atoms with van der Waals surface area (Å²) >= 11 is 0. The van der Waals surface area contributed by atoms with E-state index in [1.54, 1.807) is 0 Å². The van der Waals surface area contributed by atoms with Crippen molar-refractivity contribution in [3.05, 3.63) is 41.6 Å². The van der Waals surface area contributed by atoms with E-state index in [-0.39, 0.29) is 6.04 Å². The molecule has 0 spiro atoms. The van der Waals surface area contributed by atoms with E-state index in [0.29, 0.717) is 30.3 Å². The zero-order valence-electron chi connectivity index (χ0n) is 19.6. The van der Waals surface area contributed by atoms with Crippen molar-refractivity contribution in [3.8, 4) is 0 Å². The first-order chi connectivity index (χ1) is 15.5. The summed E-state index contributed by atoms with van der Waals surface area (Å²) in [6.07, 6.45) is 7.18. The number of nitrogens with zero attached hydrogens (tertiary/aromatic N) is 5. The summed E-state index contributed by atoms with van der Waals surface area (Å²) in [4.78, 5) is 28.9. The normalized spacial score (nSPS) is 26.8. The number of benzene rings is 1. The van der Waals surface area contributed by atoms with Crippen LogP contribution in [0, 0.1) is 5.92 Å². The topological polar surface area (TPSA) is 52.0 Å². The van der Waals surface area contributed by atoms with Gasteiger partial charge < -0.3 is 9.80 Å². The third kappa shape index (κ3) is 4.44. The number of amides is 1. The third-order valence-corrected chi connectivity index (χ3v) is 7.53. The van der Waals surface area contributed by atoms with Gasteiger partial charge in [-0.25, -0.2) is 0 Å². The molecular weight excluding hydrogens is 398 g/mol. The molecule has 1 aromatic carbocycles. The van der Waals surface area contributed by atoms with Crippen LogP contribution in [0.25, 0.3) is 10.9 Å². The van der Waals surface area contributed by atoms with E-state index < -0.39 is 0 Å². The fourth-order valence-corrected chi connectivity index (χ4v) is 5.75. The second kappa shape index (κ2) is 8.91. The first-order valence-corrected chi connectivity index (χ1v) is 12.1. The summed E-state index contributed by atoms with van der Waals surface area (Å²) in [5, 5.41) is 1.25. The molecule has 3 atom stereocenters. The maximum absolute atomic E-state index is 13.1. The number of aliphatic imine (C=N–C) groups is 1. The zero-order valence-corrected chi connectivity index (χ0v) is 19.6. The van der Waals surface area contributed by atoms with Gasteiger partial charge in [-0.1, -0.05) is 25.1 Å². The van der Waals surface area contributed by atoms with Crippen LogP contribution in [0.2, 0.25) is 0 Å². The number of aromatic nitrogens is 1. The molecule has 6 nitrogen and oxygen atoms in total. The number of fused-ring (bicyclic) bond motifs is 1. The van der Waals surface area contributed by atoms with Gasteiger partial charge in [0.1, 0.15) is 6.04 Å². The zero-order chi connectivity index (χ0) is 22.2. The molecule has 2 saturated heterocycles. The highest BCUT2D eigenvalue weighted by molar-refractivity contribution is 5.92. The lowest BCUT2D eigenvalue weighted by atomic mass is 9.83. The highest BCUT2D eigenvalue weighted by atomic mass is 16.2. The van der Waals surface area contributed by atoms with Gasteiger partial charge in [0.15, 0.2) is 0 Å². The quantitative estimate of drug-likeness (QED) is 0.726. The van der Waals surface area contributed by atoms with E-state index in [2.05, 4.69) is 58.9 Å². The Morgan fingerprint density at radius 3 is 2.59 bits per heavy atom. The van der Waals surface area contributed by atoms with Crippen molar-refractivity contribution in [2.75, 3.05) is 46.8 Å². The SMILES string of the molecule is C[C@@H]1C[C@@H](c2ccc(C3C=N3)c3ncccc23)CN(CC(=O)N2CCC(N(C)C)CC2)C1. The molecule has 1 aromatic heterocycles. The van der Waals surface area contributed by atoms with Crippen LogP contribution in [0.4, 0.5) is 0 Å². The molecule has 1 unspecified atom stereocenters. The average molecular weight is 434 g/mol. The van der Waals surface area contributed by atoms with Crippen molar-refractivity contribution in [3.63, 3.8) is 0 Å². The largest absolute Gasteiger partial charge is 0.341 e. The Morgan fingerprint density at radius 2 is 1.88 bits per heavy atom. The van der Waals surface area contributed by atoms with Crippen LogP contribution in [-0.2, 0) is 4.79 Å². The first kappa shape index (κ1) is 21.5. The lowest BCUT2D eigenvalue weighted by Crippen LogP contribution is -2.49. The fourth-order valence-electron chi connectivity index (χ4n) is 5.75. The molecule has 3 aliphatic rings.